The van der Waals surface area contributed by atoms with Crippen molar-refractivity contribution < 1.29 is 14.0 Å². The summed E-state index contributed by atoms with van der Waals surface area (Å²) in [5, 5.41) is 8.67. The zero-order valence-corrected chi connectivity index (χ0v) is 17.8. The minimum absolute atomic E-state index is 0.117. The molecular formula is C22H24N4O3S. The van der Waals surface area contributed by atoms with E-state index in [4.69, 9.17) is 4.42 Å². The topological polar surface area (TPSA) is 88.3 Å². The Hall–Kier alpha value is -3.00. The van der Waals surface area contributed by atoms with Gasteiger partial charge in [0, 0.05) is 17.1 Å². The number of nitrogens with one attached hydrogen (secondary N) is 1. The van der Waals surface area contributed by atoms with E-state index in [1.54, 1.807) is 17.5 Å². The van der Waals surface area contributed by atoms with Crippen molar-refractivity contribution in [3.05, 3.63) is 64.6 Å². The van der Waals surface area contributed by atoms with Gasteiger partial charge in [-0.25, -0.2) is 0 Å². The van der Waals surface area contributed by atoms with Crippen LogP contribution in [0.1, 0.15) is 59.3 Å². The molecule has 2 amide bonds. The number of hydrogen-bond acceptors (Lipinski definition) is 6. The number of nitrogens with zero attached hydrogens (tertiary/aromatic N) is 3. The predicted molar refractivity (Wildman–Crippen MR) is 114 cm³/mol. The maximum absolute atomic E-state index is 13.5. The molecule has 3 aromatic rings. The van der Waals surface area contributed by atoms with Crippen LogP contribution in [0.3, 0.4) is 0 Å². The fraction of sp³-hybridized carbons (Fsp3) is 0.364. The third-order valence-electron chi connectivity index (χ3n) is 5.41. The second kappa shape index (κ2) is 8.79. The molecule has 7 nitrogen and oxygen atoms in total. The summed E-state index contributed by atoms with van der Waals surface area (Å²) in [7, 11) is 0. The second-order valence-electron chi connectivity index (χ2n) is 7.59. The quantitative estimate of drug-likeness (QED) is 0.641. The van der Waals surface area contributed by atoms with Crippen LogP contribution in [0.4, 0.5) is 5.69 Å². The first kappa shape index (κ1) is 20.3. The maximum atomic E-state index is 13.5. The van der Waals surface area contributed by atoms with Crippen molar-refractivity contribution in [1.29, 1.82) is 0 Å². The van der Waals surface area contributed by atoms with Gasteiger partial charge in [-0.2, -0.15) is 0 Å². The van der Waals surface area contributed by atoms with Crippen molar-refractivity contribution in [2.24, 2.45) is 0 Å². The van der Waals surface area contributed by atoms with E-state index in [1.807, 2.05) is 38.1 Å². The first-order chi connectivity index (χ1) is 14.5. The van der Waals surface area contributed by atoms with Gasteiger partial charge in [0.2, 0.25) is 0 Å². The molecule has 0 saturated heterocycles. The number of aryl methyl sites for hydroxylation is 2. The molecule has 1 aromatic carbocycles. The summed E-state index contributed by atoms with van der Waals surface area (Å²) >= 11 is 1.10. The van der Waals surface area contributed by atoms with E-state index in [0.717, 1.165) is 42.8 Å². The second-order valence-corrected chi connectivity index (χ2v) is 8.20. The van der Waals surface area contributed by atoms with Crippen LogP contribution in [0.25, 0.3) is 0 Å². The molecule has 1 aliphatic carbocycles. The summed E-state index contributed by atoms with van der Waals surface area (Å²) in [5.41, 5.74) is 1.71. The number of carbonyl (C=O) groups is 2. The molecule has 0 radical (unpaired) electrons. The standard InChI is InChI=1S/C22H24N4O3S/c1-14-7-3-6-10-18(14)26(22(28)17-13-30-25-24-17)20(19-12-11-15(2)29-19)21(27)23-16-8-4-5-9-16/h3,6-7,10-13,16,20H,4-5,8-9H2,1-2H3,(H,23,27). The van der Waals surface area contributed by atoms with Crippen LogP contribution in [0, 0.1) is 13.8 Å². The van der Waals surface area contributed by atoms with Crippen molar-refractivity contribution in [3.8, 4) is 0 Å². The molecule has 1 fully saturated rings. The van der Waals surface area contributed by atoms with Gasteiger partial charge < -0.3 is 9.73 Å². The Morgan fingerprint density at radius 3 is 2.57 bits per heavy atom. The van der Waals surface area contributed by atoms with Crippen molar-refractivity contribution in [3.63, 3.8) is 0 Å². The highest BCUT2D eigenvalue weighted by Crippen LogP contribution is 2.33. The largest absolute Gasteiger partial charge is 0.464 e. The number of rotatable bonds is 6. The van der Waals surface area contributed by atoms with Crippen molar-refractivity contribution in [1.82, 2.24) is 14.9 Å². The molecule has 0 bridgehead atoms. The molecule has 30 heavy (non-hydrogen) atoms. The number of carbonyl (C=O) groups excluding carboxylic acids is 2. The average Bonchev–Trinajstić information content (AvgIpc) is 3.49. The third-order valence-corrected chi connectivity index (χ3v) is 5.92. The van der Waals surface area contributed by atoms with Gasteiger partial charge in [-0.15, -0.1) is 5.10 Å². The van der Waals surface area contributed by atoms with E-state index in [-0.39, 0.29) is 17.6 Å². The van der Waals surface area contributed by atoms with Crippen LogP contribution < -0.4 is 10.2 Å². The third kappa shape index (κ3) is 4.14. The monoisotopic (exact) mass is 424 g/mol. The first-order valence-electron chi connectivity index (χ1n) is 10.1. The van der Waals surface area contributed by atoms with Crippen LogP contribution in [-0.4, -0.2) is 27.4 Å². The molecule has 1 aliphatic rings. The van der Waals surface area contributed by atoms with Crippen molar-refractivity contribution in [2.45, 2.75) is 51.6 Å². The zero-order chi connectivity index (χ0) is 21.1. The molecule has 2 aromatic heterocycles. The average molecular weight is 425 g/mol. The summed E-state index contributed by atoms with van der Waals surface area (Å²) < 4.78 is 9.68. The van der Waals surface area contributed by atoms with Crippen LogP contribution in [-0.2, 0) is 4.79 Å². The van der Waals surface area contributed by atoms with Gasteiger partial charge in [-0.3, -0.25) is 14.5 Å². The number of benzene rings is 1. The Bertz CT molecular complexity index is 1020. The fourth-order valence-corrected chi connectivity index (χ4v) is 4.34. The predicted octanol–water partition coefficient (Wildman–Crippen LogP) is 4.19. The zero-order valence-electron chi connectivity index (χ0n) is 17.0. The Labute approximate surface area is 179 Å². The molecule has 1 unspecified atom stereocenters. The van der Waals surface area contributed by atoms with Gasteiger partial charge in [0.05, 0.1) is 0 Å². The summed E-state index contributed by atoms with van der Waals surface area (Å²) in [5.74, 6) is 0.452. The number of furan rings is 1. The number of aromatic nitrogens is 2. The highest BCUT2D eigenvalue weighted by atomic mass is 32.1. The van der Waals surface area contributed by atoms with Gasteiger partial charge in [0.1, 0.15) is 11.5 Å². The maximum Gasteiger partial charge on any atom is 0.280 e. The molecule has 1 atom stereocenters. The van der Waals surface area contributed by atoms with E-state index in [1.165, 1.54) is 4.90 Å². The van der Waals surface area contributed by atoms with Crippen molar-refractivity contribution in [2.75, 3.05) is 4.90 Å². The number of anilines is 1. The van der Waals surface area contributed by atoms with Gasteiger partial charge >= 0.3 is 0 Å². The smallest absolute Gasteiger partial charge is 0.280 e. The van der Waals surface area contributed by atoms with E-state index in [9.17, 15) is 9.59 Å². The van der Waals surface area contributed by atoms with E-state index in [0.29, 0.717) is 17.2 Å². The molecule has 0 aliphatic heterocycles. The fourth-order valence-electron chi connectivity index (χ4n) is 3.91. The minimum atomic E-state index is -0.949. The lowest BCUT2D eigenvalue weighted by Gasteiger charge is -2.31. The number of amides is 2. The molecule has 8 heteroatoms. The summed E-state index contributed by atoms with van der Waals surface area (Å²) in [6.07, 6.45) is 4.09. The van der Waals surface area contributed by atoms with Crippen LogP contribution in [0.15, 0.2) is 46.2 Å². The molecule has 1 saturated carbocycles. The summed E-state index contributed by atoms with van der Waals surface area (Å²) in [6, 6.07) is 10.2. The van der Waals surface area contributed by atoms with Crippen LogP contribution in [0.2, 0.25) is 0 Å². The van der Waals surface area contributed by atoms with Gasteiger partial charge in [-0.1, -0.05) is 35.5 Å². The highest BCUT2D eigenvalue weighted by Gasteiger charge is 2.38. The lowest BCUT2D eigenvalue weighted by Crippen LogP contribution is -2.46. The Morgan fingerprint density at radius 2 is 1.93 bits per heavy atom. The number of hydrogen-bond donors (Lipinski definition) is 1. The molecular weight excluding hydrogens is 400 g/mol. The SMILES string of the molecule is Cc1ccc(C(C(=O)NC2CCCC2)N(C(=O)c2csnn2)c2ccccc2C)o1. The Kier molecular flexibility index (Phi) is 5.94. The van der Waals surface area contributed by atoms with Gasteiger partial charge in [-0.05, 0) is 62.0 Å². The summed E-state index contributed by atoms with van der Waals surface area (Å²) in [4.78, 5) is 28.5. The lowest BCUT2D eigenvalue weighted by molar-refractivity contribution is -0.123. The Morgan fingerprint density at radius 1 is 1.17 bits per heavy atom. The minimum Gasteiger partial charge on any atom is -0.464 e. The highest BCUT2D eigenvalue weighted by molar-refractivity contribution is 7.03. The molecule has 156 valence electrons. The van der Waals surface area contributed by atoms with E-state index >= 15 is 0 Å². The van der Waals surface area contributed by atoms with E-state index < -0.39 is 11.9 Å². The normalized spacial score (nSPS) is 15.1. The van der Waals surface area contributed by atoms with Gasteiger partial charge in [0.15, 0.2) is 11.7 Å². The first-order valence-corrected chi connectivity index (χ1v) is 10.9. The summed E-state index contributed by atoms with van der Waals surface area (Å²) in [6.45, 7) is 3.73. The molecule has 0 spiro atoms. The molecule has 1 N–H and O–H groups in total. The molecule has 2 heterocycles. The number of para-hydroxylation sites is 1. The molecule has 4 rings (SSSR count). The van der Waals surface area contributed by atoms with E-state index in [2.05, 4.69) is 14.9 Å². The van der Waals surface area contributed by atoms with Gasteiger partial charge in [0.25, 0.3) is 11.8 Å². The van der Waals surface area contributed by atoms with Crippen molar-refractivity contribution >= 4 is 29.0 Å². The lowest BCUT2D eigenvalue weighted by atomic mass is 10.1. The van der Waals surface area contributed by atoms with Crippen LogP contribution >= 0.6 is 11.5 Å². The van der Waals surface area contributed by atoms with Crippen LogP contribution in [0.5, 0.6) is 0 Å². The Balaban J connectivity index is 1.80.